The van der Waals surface area contributed by atoms with Gasteiger partial charge in [0.25, 0.3) is 0 Å². The lowest BCUT2D eigenvalue weighted by Gasteiger charge is -2.22. The molecule has 0 radical (unpaired) electrons. The average Bonchev–Trinajstić information content (AvgIpc) is 3.44. The highest BCUT2D eigenvalue weighted by Crippen LogP contribution is 2.32. The van der Waals surface area contributed by atoms with E-state index in [0.717, 1.165) is 55.7 Å². The summed E-state index contributed by atoms with van der Waals surface area (Å²) >= 11 is 0. The Morgan fingerprint density at radius 3 is 3.07 bits per heavy atom. The Bertz CT molecular complexity index is 896. The minimum absolute atomic E-state index is 0.0180. The largest absolute Gasteiger partial charge is 0.471 e. The first-order valence-electron chi connectivity index (χ1n) is 9.47. The summed E-state index contributed by atoms with van der Waals surface area (Å²) in [5.41, 5.74) is 2.63. The molecule has 0 bridgehead atoms. The first kappa shape index (κ1) is 16.5. The zero-order valence-corrected chi connectivity index (χ0v) is 15.0. The molecule has 27 heavy (non-hydrogen) atoms. The van der Waals surface area contributed by atoms with E-state index in [1.54, 1.807) is 10.7 Å². The van der Waals surface area contributed by atoms with Gasteiger partial charge in [0.05, 0.1) is 19.4 Å². The number of fused-ring (bicyclic) bond motifs is 1. The summed E-state index contributed by atoms with van der Waals surface area (Å²) in [6.45, 7) is 3.32. The number of hydrogen-bond acceptors (Lipinski definition) is 7. The molecule has 5 heterocycles. The van der Waals surface area contributed by atoms with Gasteiger partial charge in [-0.2, -0.15) is 14.6 Å². The minimum Gasteiger partial charge on any atom is -0.471 e. The van der Waals surface area contributed by atoms with Crippen molar-refractivity contribution in [3.05, 3.63) is 24.5 Å². The Kier molecular flexibility index (Phi) is 4.38. The molecule has 0 aliphatic carbocycles. The van der Waals surface area contributed by atoms with Gasteiger partial charge in [-0.15, -0.1) is 5.10 Å². The van der Waals surface area contributed by atoms with Crippen LogP contribution in [0.3, 0.4) is 0 Å². The molecule has 0 spiro atoms. The maximum absolute atomic E-state index is 6.30. The van der Waals surface area contributed by atoms with Gasteiger partial charge in [0.15, 0.2) is 5.65 Å². The fraction of sp³-hybridized carbons (Fsp3) is 0.500. The van der Waals surface area contributed by atoms with Crippen molar-refractivity contribution in [3.8, 4) is 17.0 Å². The van der Waals surface area contributed by atoms with Crippen LogP contribution in [0.1, 0.15) is 19.3 Å². The Labute approximate surface area is 156 Å². The van der Waals surface area contributed by atoms with E-state index in [1.165, 1.54) is 0 Å². The number of nitrogens with one attached hydrogen (secondary N) is 3. The molecule has 0 saturated carbocycles. The van der Waals surface area contributed by atoms with Crippen LogP contribution < -0.4 is 15.4 Å². The highest BCUT2D eigenvalue weighted by Gasteiger charge is 2.23. The molecule has 2 aliphatic heterocycles. The van der Waals surface area contributed by atoms with Crippen molar-refractivity contribution < 1.29 is 9.47 Å². The summed E-state index contributed by atoms with van der Waals surface area (Å²) in [5.74, 6) is 1.30. The van der Waals surface area contributed by atoms with Crippen molar-refractivity contribution in [2.45, 2.75) is 31.4 Å². The molecule has 2 unspecified atom stereocenters. The van der Waals surface area contributed by atoms with Gasteiger partial charge in [0, 0.05) is 36.3 Å². The normalized spacial score (nSPS) is 23.0. The van der Waals surface area contributed by atoms with E-state index in [2.05, 4.69) is 30.9 Å². The molecule has 5 rings (SSSR count). The summed E-state index contributed by atoms with van der Waals surface area (Å²) in [6.07, 6.45) is 6.79. The second-order valence-electron chi connectivity index (χ2n) is 7.04. The highest BCUT2D eigenvalue weighted by molar-refractivity contribution is 5.70. The van der Waals surface area contributed by atoms with E-state index in [0.29, 0.717) is 24.5 Å². The summed E-state index contributed by atoms with van der Waals surface area (Å²) in [6, 6.07) is 4.31. The third kappa shape index (κ3) is 3.35. The SMILES string of the molecule is c1n[nH]cc1-c1ccc2nc(NC3CCCNC3)nn2c1OC1CCOC1. The molecule has 2 saturated heterocycles. The second-order valence-corrected chi connectivity index (χ2v) is 7.04. The van der Waals surface area contributed by atoms with Gasteiger partial charge in [0.1, 0.15) is 6.10 Å². The van der Waals surface area contributed by atoms with Gasteiger partial charge in [-0.1, -0.05) is 0 Å². The van der Waals surface area contributed by atoms with Crippen LogP contribution >= 0.6 is 0 Å². The summed E-state index contributed by atoms with van der Waals surface area (Å²) in [7, 11) is 0. The van der Waals surface area contributed by atoms with Gasteiger partial charge in [-0.3, -0.25) is 5.10 Å². The lowest BCUT2D eigenvalue weighted by molar-refractivity contribution is 0.136. The number of aromatic nitrogens is 5. The molecule has 2 aliphatic rings. The Hall–Kier alpha value is -2.65. The van der Waals surface area contributed by atoms with Gasteiger partial charge >= 0.3 is 0 Å². The van der Waals surface area contributed by atoms with Gasteiger partial charge in [-0.05, 0) is 31.5 Å². The van der Waals surface area contributed by atoms with Gasteiger partial charge in [-0.25, -0.2) is 0 Å². The van der Waals surface area contributed by atoms with E-state index in [4.69, 9.17) is 9.47 Å². The quantitative estimate of drug-likeness (QED) is 0.626. The van der Waals surface area contributed by atoms with Crippen molar-refractivity contribution in [2.75, 3.05) is 31.6 Å². The predicted molar refractivity (Wildman–Crippen MR) is 99.9 cm³/mol. The van der Waals surface area contributed by atoms with E-state index < -0.39 is 0 Å². The molecular formula is C18H23N7O2. The number of piperidine rings is 1. The van der Waals surface area contributed by atoms with E-state index >= 15 is 0 Å². The molecule has 3 aromatic heterocycles. The predicted octanol–water partition coefficient (Wildman–Crippen LogP) is 1.45. The molecule has 2 fully saturated rings. The summed E-state index contributed by atoms with van der Waals surface area (Å²) in [4.78, 5) is 4.64. The number of ether oxygens (including phenoxy) is 2. The van der Waals surface area contributed by atoms with Crippen molar-refractivity contribution in [2.24, 2.45) is 0 Å². The van der Waals surface area contributed by atoms with Crippen molar-refractivity contribution in [1.29, 1.82) is 0 Å². The fourth-order valence-electron chi connectivity index (χ4n) is 3.64. The third-order valence-electron chi connectivity index (χ3n) is 5.06. The van der Waals surface area contributed by atoms with Gasteiger partial charge < -0.3 is 20.1 Å². The number of nitrogens with zero attached hydrogens (tertiary/aromatic N) is 4. The van der Waals surface area contributed by atoms with Crippen LogP contribution in [0, 0.1) is 0 Å². The Morgan fingerprint density at radius 1 is 1.30 bits per heavy atom. The monoisotopic (exact) mass is 369 g/mol. The second kappa shape index (κ2) is 7.16. The zero-order valence-electron chi connectivity index (χ0n) is 15.0. The number of anilines is 1. The molecule has 2 atom stereocenters. The third-order valence-corrected chi connectivity index (χ3v) is 5.06. The molecule has 142 valence electrons. The lowest BCUT2D eigenvalue weighted by Crippen LogP contribution is -2.38. The van der Waals surface area contributed by atoms with Crippen LogP contribution in [0.4, 0.5) is 5.95 Å². The van der Waals surface area contributed by atoms with E-state index in [1.807, 2.05) is 18.3 Å². The standard InChI is InChI=1S/C18H23N7O2/c1-2-13(10-19-6-1)22-18-23-16-4-3-15(12-8-20-21-9-12)17(25(16)24-18)27-14-5-7-26-11-14/h3-4,8-9,13-14,19H,1-2,5-7,10-11H2,(H,20,21)(H,22,24). The van der Waals surface area contributed by atoms with E-state index in [9.17, 15) is 0 Å². The number of rotatable bonds is 5. The smallest absolute Gasteiger partial charge is 0.243 e. The molecule has 0 aromatic carbocycles. The molecule has 3 aromatic rings. The lowest BCUT2D eigenvalue weighted by atomic mass is 10.1. The van der Waals surface area contributed by atoms with Crippen molar-refractivity contribution in [1.82, 2.24) is 30.1 Å². The number of H-pyrrole nitrogens is 1. The van der Waals surface area contributed by atoms with Gasteiger partial charge in [0.2, 0.25) is 11.8 Å². The van der Waals surface area contributed by atoms with Crippen LogP contribution in [0.15, 0.2) is 24.5 Å². The maximum atomic E-state index is 6.30. The molecule has 9 nitrogen and oxygen atoms in total. The van der Waals surface area contributed by atoms with Crippen LogP contribution in [0.2, 0.25) is 0 Å². The number of aromatic amines is 1. The topological polar surface area (TPSA) is 101 Å². The van der Waals surface area contributed by atoms with Crippen molar-refractivity contribution >= 4 is 11.6 Å². The number of hydrogen-bond donors (Lipinski definition) is 3. The minimum atomic E-state index is 0.0180. The van der Waals surface area contributed by atoms with Crippen LogP contribution in [0.5, 0.6) is 5.88 Å². The summed E-state index contributed by atoms with van der Waals surface area (Å²) < 4.78 is 13.5. The molecular weight excluding hydrogens is 346 g/mol. The fourth-order valence-corrected chi connectivity index (χ4v) is 3.64. The molecule has 3 N–H and O–H groups in total. The van der Waals surface area contributed by atoms with Crippen LogP contribution in [-0.2, 0) is 4.74 Å². The maximum Gasteiger partial charge on any atom is 0.243 e. The number of pyridine rings is 1. The highest BCUT2D eigenvalue weighted by atomic mass is 16.6. The average molecular weight is 369 g/mol. The van der Waals surface area contributed by atoms with E-state index in [-0.39, 0.29) is 6.10 Å². The zero-order chi connectivity index (χ0) is 18.1. The van der Waals surface area contributed by atoms with Crippen LogP contribution in [-0.4, -0.2) is 63.2 Å². The Balaban J connectivity index is 1.51. The molecule has 0 amide bonds. The van der Waals surface area contributed by atoms with Crippen LogP contribution in [0.25, 0.3) is 16.8 Å². The van der Waals surface area contributed by atoms with Crippen molar-refractivity contribution in [3.63, 3.8) is 0 Å². The first-order valence-corrected chi connectivity index (χ1v) is 9.47. The molecule has 9 heteroatoms. The Morgan fingerprint density at radius 2 is 2.30 bits per heavy atom. The summed E-state index contributed by atoms with van der Waals surface area (Å²) in [5, 5.41) is 18.5. The first-order chi connectivity index (χ1) is 13.4.